The van der Waals surface area contributed by atoms with E-state index in [1.165, 1.54) is 17.5 Å². The van der Waals surface area contributed by atoms with Gasteiger partial charge in [0, 0.05) is 0 Å². The van der Waals surface area contributed by atoms with Crippen LogP contribution in [-0.2, 0) is 15.6 Å². The van der Waals surface area contributed by atoms with E-state index in [1.54, 1.807) is 0 Å². The first-order valence-corrected chi connectivity index (χ1v) is 7.35. The average molecular weight is 277 g/mol. The van der Waals surface area contributed by atoms with Crippen molar-refractivity contribution in [1.82, 2.24) is 0 Å². The summed E-state index contributed by atoms with van der Waals surface area (Å²) in [5.74, 6) is 0.969. The molecule has 2 atom stereocenters. The molecule has 0 spiro atoms. The highest BCUT2D eigenvalue weighted by molar-refractivity contribution is 5.98. The maximum Gasteiger partial charge on any atom is 0.247 e. The van der Waals surface area contributed by atoms with E-state index in [4.69, 9.17) is 13.9 Å². The van der Waals surface area contributed by atoms with Crippen LogP contribution < -0.4 is 4.74 Å². The van der Waals surface area contributed by atoms with Crippen molar-refractivity contribution in [2.24, 2.45) is 0 Å². The predicted molar refractivity (Wildman–Crippen MR) is 75.5 cm³/mol. The second-order valence-electron chi connectivity index (χ2n) is 4.95. The van der Waals surface area contributed by atoms with Crippen molar-refractivity contribution in [3.63, 3.8) is 0 Å². The number of unbranched alkanes of at least 4 members (excludes halogenated alkanes) is 1. The summed E-state index contributed by atoms with van der Waals surface area (Å²) in [6.07, 6.45) is 3.65. The summed E-state index contributed by atoms with van der Waals surface area (Å²) in [5.41, 5.74) is 2.45. The van der Waals surface area contributed by atoms with Crippen LogP contribution in [0.5, 0.6) is 5.75 Å². The smallest absolute Gasteiger partial charge is 0.247 e. The van der Waals surface area contributed by atoms with Crippen molar-refractivity contribution in [2.45, 2.75) is 45.3 Å². The highest BCUT2D eigenvalue weighted by Crippen LogP contribution is 2.30. The second kappa shape index (κ2) is 7.08. The van der Waals surface area contributed by atoms with Gasteiger partial charge in [0.05, 0.1) is 12.7 Å². The van der Waals surface area contributed by atoms with Gasteiger partial charge in [-0.1, -0.05) is 25.5 Å². The molecule has 0 saturated carbocycles. The van der Waals surface area contributed by atoms with Crippen LogP contribution in [0, 0.1) is 0 Å². The maximum atomic E-state index is 5.90. The van der Waals surface area contributed by atoms with E-state index >= 15 is 0 Å². The van der Waals surface area contributed by atoms with E-state index in [-0.39, 0.29) is 12.2 Å². The zero-order valence-electron chi connectivity index (χ0n) is 11.6. The SMILES string of the molecule is CCCCc1c(OCC2CO2)cccc1C(C)O[Si]. The maximum absolute atomic E-state index is 5.90. The first-order valence-electron chi connectivity index (χ1n) is 6.94. The number of epoxide rings is 1. The lowest BCUT2D eigenvalue weighted by atomic mass is 9.97. The van der Waals surface area contributed by atoms with Crippen molar-refractivity contribution in [3.05, 3.63) is 29.3 Å². The zero-order valence-corrected chi connectivity index (χ0v) is 12.6. The van der Waals surface area contributed by atoms with Crippen molar-refractivity contribution in [2.75, 3.05) is 13.2 Å². The minimum Gasteiger partial charge on any atom is -0.490 e. The Kier molecular flexibility index (Phi) is 5.42. The van der Waals surface area contributed by atoms with Gasteiger partial charge in [0.25, 0.3) is 0 Å². The van der Waals surface area contributed by atoms with E-state index < -0.39 is 0 Å². The van der Waals surface area contributed by atoms with Gasteiger partial charge in [-0.2, -0.15) is 0 Å². The number of hydrogen-bond donors (Lipinski definition) is 0. The molecule has 103 valence electrons. The molecule has 1 fully saturated rings. The normalized spacial score (nSPS) is 19.2. The first-order chi connectivity index (χ1) is 9.26. The van der Waals surface area contributed by atoms with Crippen LogP contribution in [-0.4, -0.2) is 29.8 Å². The Morgan fingerprint density at radius 1 is 1.47 bits per heavy atom. The van der Waals surface area contributed by atoms with Crippen LogP contribution in [0.3, 0.4) is 0 Å². The van der Waals surface area contributed by atoms with E-state index in [9.17, 15) is 0 Å². The fraction of sp³-hybridized carbons (Fsp3) is 0.600. The van der Waals surface area contributed by atoms with Crippen LogP contribution in [0.4, 0.5) is 0 Å². The van der Waals surface area contributed by atoms with Gasteiger partial charge in [0.1, 0.15) is 18.5 Å². The molecule has 0 aromatic heterocycles. The monoisotopic (exact) mass is 277 g/mol. The molecular weight excluding hydrogens is 256 g/mol. The molecular formula is C15H21O3Si. The highest BCUT2D eigenvalue weighted by atomic mass is 28.2. The van der Waals surface area contributed by atoms with Crippen molar-refractivity contribution < 1.29 is 13.9 Å². The second-order valence-corrected chi connectivity index (χ2v) is 5.19. The molecule has 3 nitrogen and oxygen atoms in total. The summed E-state index contributed by atoms with van der Waals surface area (Å²) in [7, 11) is 3.14. The molecule has 1 aromatic carbocycles. The third kappa shape index (κ3) is 4.06. The molecule has 0 bridgehead atoms. The summed E-state index contributed by atoms with van der Waals surface area (Å²) in [6.45, 7) is 5.70. The lowest BCUT2D eigenvalue weighted by Gasteiger charge is -2.19. The fourth-order valence-electron chi connectivity index (χ4n) is 2.13. The predicted octanol–water partition coefficient (Wildman–Crippen LogP) is 2.97. The van der Waals surface area contributed by atoms with E-state index in [0.29, 0.717) is 6.61 Å². The van der Waals surface area contributed by atoms with Crippen molar-refractivity contribution in [3.8, 4) is 5.75 Å². The summed E-state index contributed by atoms with van der Waals surface area (Å²) in [5, 5.41) is 0. The third-order valence-corrected chi connectivity index (χ3v) is 3.75. The van der Waals surface area contributed by atoms with Gasteiger partial charge in [-0.15, -0.1) is 0 Å². The van der Waals surface area contributed by atoms with Gasteiger partial charge >= 0.3 is 0 Å². The Morgan fingerprint density at radius 3 is 2.89 bits per heavy atom. The molecule has 1 aliphatic rings. The van der Waals surface area contributed by atoms with Crippen LogP contribution in [0.1, 0.15) is 43.9 Å². The Morgan fingerprint density at radius 2 is 2.26 bits per heavy atom. The molecule has 0 aliphatic carbocycles. The molecule has 1 heterocycles. The largest absolute Gasteiger partial charge is 0.490 e. The molecule has 19 heavy (non-hydrogen) atoms. The van der Waals surface area contributed by atoms with Gasteiger partial charge in [0.15, 0.2) is 0 Å². The molecule has 1 aliphatic heterocycles. The standard InChI is InChI=1S/C15H21O3Si/c1-3-4-6-14-13(11(2)18-19)7-5-8-15(14)17-10-12-9-16-12/h5,7-8,11-12H,3-4,6,9-10H2,1-2H3. The van der Waals surface area contributed by atoms with E-state index in [0.717, 1.165) is 25.2 Å². The molecule has 0 amide bonds. The topological polar surface area (TPSA) is 31.0 Å². The summed E-state index contributed by atoms with van der Waals surface area (Å²) < 4.78 is 16.4. The van der Waals surface area contributed by atoms with Gasteiger partial charge in [-0.05, 0) is 37.0 Å². The highest BCUT2D eigenvalue weighted by Gasteiger charge is 2.24. The van der Waals surface area contributed by atoms with Crippen molar-refractivity contribution >= 4 is 10.5 Å². The number of benzene rings is 1. The van der Waals surface area contributed by atoms with Crippen LogP contribution in [0.25, 0.3) is 0 Å². The third-order valence-electron chi connectivity index (χ3n) is 3.39. The molecule has 0 N–H and O–H groups in total. The first kappa shape index (κ1) is 14.6. The quantitative estimate of drug-likeness (QED) is 0.541. The average Bonchev–Trinajstić information content (AvgIpc) is 3.26. The molecule has 3 radical (unpaired) electrons. The van der Waals surface area contributed by atoms with Gasteiger partial charge < -0.3 is 13.9 Å². The Labute approximate surface area is 118 Å². The number of ether oxygens (including phenoxy) is 2. The van der Waals surface area contributed by atoms with Gasteiger partial charge in [-0.3, -0.25) is 0 Å². The van der Waals surface area contributed by atoms with Crippen molar-refractivity contribution in [1.29, 1.82) is 0 Å². The van der Waals surface area contributed by atoms with E-state index in [2.05, 4.69) is 23.5 Å². The Hall–Kier alpha value is -0.843. The van der Waals surface area contributed by atoms with Gasteiger partial charge in [-0.25, -0.2) is 0 Å². The van der Waals surface area contributed by atoms with Gasteiger partial charge in [0.2, 0.25) is 10.5 Å². The number of rotatable bonds is 8. The fourth-order valence-corrected chi connectivity index (χ4v) is 2.26. The minimum absolute atomic E-state index is 0.0178. The Balaban J connectivity index is 2.17. The lowest BCUT2D eigenvalue weighted by Crippen LogP contribution is -2.09. The summed E-state index contributed by atoms with van der Waals surface area (Å²) in [4.78, 5) is 0. The van der Waals surface area contributed by atoms with E-state index in [1.807, 2.05) is 19.1 Å². The van der Waals surface area contributed by atoms with Crippen LogP contribution in [0.2, 0.25) is 0 Å². The molecule has 2 rings (SSSR count). The van der Waals surface area contributed by atoms with Crippen LogP contribution in [0.15, 0.2) is 18.2 Å². The zero-order chi connectivity index (χ0) is 13.7. The molecule has 4 heteroatoms. The summed E-state index contributed by atoms with van der Waals surface area (Å²) >= 11 is 0. The molecule has 1 aromatic rings. The Bertz CT molecular complexity index is 404. The minimum atomic E-state index is 0.0178. The van der Waals surface area contributed by atoms with Crippen LogP contribution >= 0.6 is 0 Å². The summed E-state index contributed by atoms with van der Waals surface area (Å²) in [6, 6.07) is 6.17. The molecule has 1 saturated heterocycles. The lowest BCUT2D eigenvalue weighted by molar-refractivity contribution is 0.243. The number of hydrogen-bond acceptors (Lipinski definition) is 3. The molecule has 2 unspecified atom stereocenters.